The van der Waals surface area contributed by atoms with Crippen LogP contribution in [-0.2, 0) is 12.8 Å². The van der Waals surface area contributed by atoms with Gasteiger partial charge in [0, 0.05) is 76.0 Å². The molecule has 0 aliphatic heterocycles. The van der Waals surface area contributed by atoms with Gasteiger partial charge in [-0.05, 0) is 90.4 Å². The summed E-state index contributed by atoms with van der Waals surface area (Å²) < 4.78 is 14.2. The van der Waals surface area contributed by atoms with Crippen LogP contribution in [0, 0.1) is 16.6 Å². The van der Waals surface area contributed by atoms with Crippen LogP contribution in [-0.4, -0.2) is 31.5 Å². The summed E-state index contributed by atoms with van der Waals surface area (Å²) in [6, 6.07) is 21.8. The topological polar surface area (TPSA) is 116 Å². The summed E-state index contributed by atoms with van der Waals surface area (Å²) in [5.74, 6) is 0.0153. The number of Topliss-reactive ketones (excluding diaryl/α,β-unsaturated/α-hetero) is 2. The monoisotopic (exact) mass is 758 g/mol. The average Bonchev–Trinajstić information content (AvgIpc) is 3.63. The van der Waals surface area contributed by atoms with Gasteiger partial charge in [0.15, 0.2) is 11.6 Å². The average molecular weight is 760 g/mol. The summed E-state index contributed by atoms with van der Waals surface area (Å²) in [6.45, 7) is 8.49. The molecule has 4 N–H and O–H groups in total. The minimum atomic E-state index is -0.293. The maximum absolute atomic E-state index is 13.2. The predicted octanol–water partition coefficient (Wildman–Crippen LogP) is 10.9. The van der Waals surface area contributed by atoms with Crippen LogP contribution in [0.4, 0.5) is 27.1 Å². The van der Waals surface area contributed by atoms with Crippen LogP contribution < -0.4 is 10.6 Å². The maximum Gasteiger partial charge on any atom is 0.167 e. The van der Waals surface area contributed by atoms with Crippen LogP contribution in [0.25, 0.3) is 22.5 Å². The zero-order valence-corrected chi connectivity index (χ0v) is 31.1. The van der Waals surface area contributed by atoms with Gasteiger partial charge in [-0.15, -0.1) is 0 Å². The van der Waals surface area contributed by atoms with E-state index in [0.29, 0.717) is 18.4 Å². The second-order valence-corrected chi connectivity index (χ2v) is 16.0. The summed E-state index contributed by atoms with van der Waals surface area (Å²) in [7, 11) is 0. The second-order valence-electron chi connectivity index (χ2n) is 15.1. The standard InChI is InChI=1S/C21H20BrN3O.C21H20FN3O/c1-21(2)11-16-18(17(26)12-21)20(24-15-5-3-4-14(22)10-15)19(25-16)13-6-8-23-9-7-13;1-21(2)11-16-18(17(26)12-21)20(24-15-5-3-14(22)4-6-15)19(25-16)13-7-9-23-10-8-13/h2*3-10,24-25H,11-12H2,1-2H3. The number of carbonyl (C=O) groups excluding carboxylic acids is 2. The molecule has 0 unspecified atom stereocenters. The van der Waals surface area contributed by atoms with E-state index in [2.05, 4.69) is 74.2 Å². The summed E-state index contributed by atoms with van der Waals surface area (Å²) in [5, 5.41) is 6.80. The highest BCUT2D eigenvalue weighted by atomic mass is 79.9. The lowest BCUT2D eigenvalue weighted by Gasteiger charge is -2.28. The third kappa shape index (κ3) is 7.48. The number of fused-ring (bicyclic) bond motifs is 2. The molecule has 0 atom stereocenters. The highest BCUT2D eigenvalue weighted by Crippen LogP contribution is 2.44. The number of aromatic nitrogens is 4. The molecule has 8 rings (SSSR count). The van der Waals surface area contributed by atoms with Gasteiger partial charge in [0.2, 0.25) is 0 Å². The Bertz CT molecular complexity index is 2260. The van der Waals surface area contributed by atoms with E-state index in [9.17, 15) is 14.0 Å². The Balaban J connectivity index is 0.000000162. The molecule has 0 fully saturated rings. The summed E-state index contributed by atoms with van der Waals surface area (Å²) in [5.41, 5.74) is 10.4. The van der Waals surface area contributed by atoms with Gasteiger partial charge in [0.05, 0.1) is 33.9 Å². The molecule has 0 bridgehead atoms. The van der Waals surface area contributed by atoms with E-state index in [-0.39, 0.29) is 28.2 Å². The Morgan fingerprint density at radius 2 is 1.10 bits per heavy atom. The van der Waals surface area contributed by atoms with Gasteiger partial charge >= 0.3 is 0 Å². The minimum absolute atomic E-state index is 0.0303. The van der Waals surface area contributed by atoms with Crippen LogP contribution in [0.3, 0.4) is 0 Å². The van der Waals surface area contributed by atoms with Gasteiger partial charge in [0.25, 0.3) is 0 Å². The second kappa shape index (κ2) is 14.0. The largest absolute Gasteiger partial charge is 0.356 e. The Morgan fingerprint density at radius 3 is 1.56 bits per heavy atom. The van der Waals surface area contributed by atoms with Crippen molar-refractivity contribution in [2.75, 3.05) is 10.6 Å². The molecule has 0 radical (unpaired) electrons. The zero-order valence-electron chi connectivity index (χ0n) is 29.5. The molecule has 264 valence electrons. The lowest BCUT2D eigenvalue weighted by atomic mass is 9.76. The number of rotatable bonds is 6. The Hall–Kier alpha value is -5.35. The lowest BCUT2D eigenvalue weighted by Crippen LogP contribution is -2.26. The molecule has 6 aromatic rings. The molecule has 2 aliphatic carbocycles. The first-order valence-corrected chi connectivity index (χ1v) is 18.1. The molecule has 0 amide bonds. The van der Waals surface area contributed by atoms with E-state index in [0.717, 1.165) is 79.5 Å². The molecule has 4 aromatic heterocycles. The van der Waals surface area contributed by atoms with Gasteiger partial charge in [-0.2, -0.15) is 0 Å². The number of nitrogens with one attached hydrogen (secondary N) is 4. The molecule has 2 aromatic carbocycles. The smallest absolute Gasteiger partial charge is 0.167 e. The fourth-order valence-corrected chi connectivity index (χ4v) is 7.62. The number of benzene rings is 2. The van der Waals surface area contributed by atoms with E-state index in [1.165, 1.54) is 12.1 Å². The molecule has 4 heterocycles. The van der Waals surface area contributed by atoms with E-state index < -0.39 is 0 Å². The first-order valence-electron chi connectivity index (χ1n) is 17.3. The number of hydrogen-bond donors (Lipinski definition) is 4. The van der Waals surface area contributed by atoms with Crippen LogP contribution in [0.2, 0.25) is 0 Å². The van der Waals surface area contributed by atoms with E-state index in [4.69, 9.17) is 0 Å². The number of pyridine rings is 2. The normalized spacial score (nSPS) is 15.6. The molecule has 0 saturated carbocycles. The van der Waals surface area contributed by atoms with E-state index in [1.54, 1.807) is 36.9 Å². The molecule has 8 nitrogen and oxygen atoms in total. The van der Waals surface area contributed by atoms with E-state index in [1.807, 2.05) is 48.5 Å². The van der Waals surface area contributed by atoms with Gasteiger partial charge in [-0.1, -0.05) is 49.7 Å². The predicted molar refractivity (Wildman–Crippen MR) is 208 cm³/mol. The first kappa shape index (κ1) is 35.1. The van der Waals surface area contributed by atoms with Crippen molar-refractivity contribution in [1.82, 2.24) is 19.9 Å². The van der Waals surface area contributed by atoms with Gasteiger partial charge < -0.3 is 20.6 Å². The van der Waals surface area contributed by atoms with Crippen molar-refractivity contribution in [3.63, 3.8) is 0 Å². The SMILES string of the molecule is CC1(C)CC(=O)c2c([nH]c(-c3ccncc3)c2Nc2ccc(F)cc2)C1.CC1(C)CC(=O)c2c([nH]c(-c3ccncc3)c2Nc2cccc(Br)c2)C1. The molecule has 0 spiro atoms. The first-order chi connectivity index (χ1) is 24.9. The number of nitrogens with zero attached hydrogens (tertiary/aromatic N) is 2. The highest BCUT2D eigenvalue weighted by Gasteiger charge is 2.37. The summed E-state index contributed by atoms with van der Waals surface area (Å²) in [4.78, 5) is 41.0. The molecular weight excluding hydrogens is 719 g/mol. The molecule has 0 saturated heterocycles. The maximum atomic E-state index is 13.2. The van der Waals surface area contributed by atoms with E-state index >= 15 is 0 Å². The fraction of sp³-hybridized carbons (Fsp3) is 0.238. The number of aromatic amines is 2. The molecule has 10 heteroatoms. The third-order valence-corrected chi connectivity index (χ3v) is 9.94. The minimum Gasteiger partial charge on any atom is -0.356 e. The fourth-order valence-electron chi connectivity index (χ4n) is 7.22. The number of ketones is 2. The quantitative estimate of drug-likeness (QED) is 0.134. The number of H-pyrrole nitrogens is 2. The van der Waals surface area contributed by atoms with Crippen molar-refractivity contribution < 1.29 is 14.0 Å². The van der Waals surface area contributed by atoms with Crippen LogP contribution in [0.5, 0.6) is 0 Å². The zero-order chi connectivity index (χ0) is 36.6. The highest BCUT2D eigenvalue weighted by molar-refractivity contribution is 9.10. The number of halogens is 2. The van der Waals surface area contributed by atoms with Crippen molar-refractivity contribution in [3.05, 3.63) is 130 Å². The van der Waals surface area contributed by atoms with Crippen molar-refractivity contribution >= 4 is 50.2 Å². The summed E-state index contributed by atoms with van der Waals surface area (Å²) in [6.07, 6.45) is 9.70. The summed E-state index contributed by atoms with van der Waals surface area (Å²) >= 11 is 3.51. The Labute approximate surface area is 310 Å². The lowest BCUT2D eigenvalue weighted by molar-refractivity contribution is 0.0903. The molecule has 52 heavy (non-hydrogen) atoms. The van der Waals surface area contributed by atoms with Crippen LogP contribution in [0.1, 0.15) is 72.6 Å². The molecular formula is C42H40BrFN6O2. The Morgan fingerprint density at radius 1 is 0.635 bits per heavy atom. The van der Waals surface area contributed by atoms with Crippen molar-refractivity contribution in [2.45, 2.75) is 53.4 Å². The number of carbonyl (C=O) groups is 2. The number of hydrogen-bond acceptors (Lipinski definition) is 6. The van der Waals surface area contributed by atoms with Crippen molar-refractivity contribution in [1.29, 1.82) is 0 Å². The van der Waals surface area contributed by atoms with Gasteiger partial charge in [-0.3, -0.25) is 19.6 Å². The number of anilines is 4. The van der Waals surface area contributed by atoms with Crippen molar-refractivity contribution in [2.24, 2.45) is 10.8 Å². The molecule has 2 aliphatic rings. The van der Waals surface area contributed by atoms with Crippen molar-refractivity contribution in [3.8, 4) is 22.5 Å². The van der Waals surface area contributed by atoms with Gasteiger partial charge in [0.1, 0.15) is 5.82 Å². The van der Waals surface area contributed by atoms with Crippen LogP contribution >= 0.6 is 15.9 Å². The Kier molecular flexibility index (Phi) is 9.44. The third-order valence-electron chi connectivity index (χ3n) is 9.45. The van der Waals surface area contributed by atoms with Gasteiger partial charge in [-0.25, -0.2) is 4.39 Å². The van der Waals surface area contributed by atoms with Crippen LogP contribution in [0.15, 0.2) is 102 Å².